The predicted octanol–water partition coefficient (Wildman–Crippen LogP) is 2.34. The topological polar surface area (TPSA) is 62.9 Å². The van der Waals surface area contributed by atoms with E-state index in [-0.39, 0.29) is 29.8 Å². The second-order valence-corrected chi connectivity index (χ2v) is 4.86. The molecular weight excluding hydrogens is 398 g/mol. The van der Waals surface area contributed by atoms with Gasteiger partial charge in [-0.25, -0.2) is 9.38 Å². The lowest BCUT2D eigenvalue weighted by Crippen LogP contribution is -2.32. The third kappa shape index (κ3) is 7.79. The maximum absolute atomic E-state index is 13.8. The van der Waals surface area contributed by atoms with Crippen LogP contribution in [-0.4, -0.2) is 39.8 Å². The summed E-state index contributed by atoms with van der Waals surface area (Å²) in [6.45, 7) is 4.45. The molecule has 0 saturated carbocycles. The molecule has 1 rings (SSSR count). The van der Waals surface area contributed by atoms with E-state index in [1.165, 1.54) is 6.07 Å². The van der Waals surface area contributed by atoms with Crippen molar-refractivity contribution in [3.63, 3.8) is 0 Å². The van der Waals surface area contributed by atoms with Crippen LogP contribution in [0.5, 0.6) is 0 Å². The van der Waals surface area contributed by atoms with E-state index in [1.54, 1.807) is 25.1 Å². The van der Waals surface area contributed by atoms with Crippen LogP contribution in [0.4, 0.5) is 10.1 Å². The number of nitrogens with zero attached hydrogens (tertiary/aromatic N) is 2. The average Bonchev–Trinajstić information content (AvgIpc) is 2.44. The number of aliphatic imine (C=N–C) groups is 1. The minimum atomic E-state index is -0.254. The SMILES string of the molecule is CCOCCCNC(N)=NCc1ccc(N(C)C)c(F)c1.I. The number of hydrogen-bond donors (Lipinski definition) is 2. The molecular formula is C15H26FIN4O. The molecule has 0 spiro atoms. The third-order valence-corrected chi connectivity index (χ3v) is 2.90. The summed E-state index contributed by atoms with van der Waals surface area (Å²) in [4.78, 5) is 5.92. The maximum Gasteiger partial charge on any atom is 0.188 e. The lowest BCUT2D eigenvalue weighted by Gasteiger charge is -2.13. The highest BCUT2D eigenvalue weighted by Gasteiger charge is 2.04. The lowest BCUT2D eigenvalue weighted by molar-refractivity contribution is 0.145. The van der Waals surface area contributed by atoms with Crippen molar-refractivity contribution in [1.29, 1.82) is 0 Å². The first-order valence-corrected chi connectivity index (χ1v) is 7.12. The number of guanidine groups is 1. The summed E-state index contributed by atoms with van der Waals surface area (Å²) in [5, 5.41) is 3.00. The van der Waals surface area contributed by atoms with E-state index in [0.29, 0.717) is 31.3 Å². The summed E-state index contributed by atoms with van der Waals surface area (Å²) >= 11 is 0. The molecule has 0 aliphatic rings. The largest absolute Gasteiger partial charge is 0.382 e. The zero-order valence-electron chi connectivity index (χ0n) is 13.4. The highest BCUT2D eigenvalue weighted by molar-refractivity contribution is 14.0. The zero-order chi connectivity index (χ0) is 15.7. The standard InChI is InChI=1S/C15H25FN4O.HI/c1-4-21-9-5-8-18-15(17)19-11-12-6-7-14(20(2)3)13(16)10-12;/h6-7,10H,4-5,8-9,11H2,1-3H3,(H3,17,18,19);1H. The maximum atomic E-state index is 13.8. The Bertz CT molecular complexity index is 469. The molecule has 0 saturated heterocycles. The van der Waals surface area contributed by atoms with Crippen LogP contribution in [0.1, 0.15) is 18.9 Å². The summed E-state index contributed by atoms with van der Waals surface area (Å²) < 4.78 is 19.0. The fourth-order valence-corrected chi connectivity index (χ4v) is 1.78. The number of hydrogen-bond acceptors (Lipinski definition) is 3. The van der Waals surface area contributed by atoms with Gasteiger partial charge in [0.1, 0.15) is 5.82 Å². The van der Waals surface area contributed by atoms with Gasteiger partial charge in [-0.15, -0.1) is 24.0 Å². The van der Waals surface area contributed by atoms with Crippen molar-refractivity contribution in [3.05, 3.63) is 29.6 Å². The van der Waals surface area contributed by atoms with Gasteiger partial charge in [-0.3, -0.25) is 0 Å². The van der Waals surface area contributed by atoms with Crippen LogP contribution in [0, 0.1) is 5.82 Å². The van der Waals surface area contributed by atoms with Crippen LogP contribution < -0.4 is 16.0 Å². The van der Waals surface area contributed by atoms with Crippen molar-refractivity contribution in [2.45, 2.75) is 19.9 Å². The average molecular weight is 424 g/mol. The summed E-state index contributed by atoms with van der Waals surface area (Å²) in [6, 6.07) is 5.08. The molecule has 0 atom stereocenters. The van der Waals surface area contributed by atoms with E-state index in [2.05, 4.69) is 10.3 Å². The van der Waals surface area contributed by atoms with Crippen molar-refractivity contribution < 1.29 is 9.13 Å². The molecule has 0 aromatic heterocycles. The molecule has 0 aliphatic carbocycles. The smallest absolute Gasteiger partial charge is 0.188 e. The van der Waals surface area contributed by atoms with E-state index in [0.717, 1.165) is 18.6 Å². The Morgan fingerprint density at radius 2 is 2.14 bits per heavy atom. The number of benzene rings is 1. The Morgan fingerprint density at radius 1 is 1.41 bits per heavy atom. The van der Waals surface area contributed by atoms with Gasteiger partial charge in [0.2, 0.25) is 0 Å². The van der Waals surface area contributed by atoms with Gasteiger partial charge in [0.15, 0.2) is 5.96 Å². The monoisotopic (exact) mass is 424 g/mol. The van der Waals surface area contributed by atoms with E-state index in [4.69, 9.17) is 10.5 Å². The van der Waals surface area contributed by atoms with Gasteiger partial charge < -0.3 is 20.7 Å². The highest BCUT2D eigenvalue weighted by atomic mass is 127. The van der Waals surface area contributed by atoms with Crippen molar-refractivity contribution in [1.82, 2.24) is 5.32 Å². The minimum absolute atomic E-state index is 0. The van der Waals surface area contributed by atoms with Gasteiger partial charge in [-0.1, -0.05) is 6.07 Å². The number of nitrogens with one attached hydrogen (secondary N) is 1. The predicted molar refractivity (Wildman–Crippen MR) is 101 cm³/mol. The first-order chi connectivity index (χ1) is 10.0. The number of halogens is 2. The highest BCUT2D eigenvalue weighted by Crippen LogP contribution is 2.18. The van der Waals surface area contributed by atoms with Crippen LogP contribution in [0.3, 0.4) is 0 Å². The Balaban J connectivity index is 0.00000441. The van der Waals surface area contributed by atoms with Gasteiger partial charge in [0.25, 0.3) is 0 Å². The summed E-state index contributed by atoms with van der Waals surface area (Å²) in [7, 11) is 3.61. The van der Waals surface area contributed by atoms with Gasteiger partial charge in [0, 0.05) is 33.9 Å². The molecule has 0 unspecified atom stereocenters. The van der Waals surface area contributed by atoms with Crippen molar-refractivity contribution in [2.24, 2.45) is 10.7 Å². The Morgan fingerprint density at radius 3 is 2.73 bits per heavy atom. The Kier molecular flexibility index (Phi) is 10.9. The molecule has 0 heterocycles. The Hall–Kier alpha value is -1.09. The quantitative estimate of drug-likeness (QED) is 0.291. The zero-order valence-corrected chi connectivity index (χ0v) is 15.8. The molecule has 1 aromatic rings. The van der Waals surface area contributed by atoms with Crippen LogP contribution in [0.15, 0.2) is 23.2 Å². The molecule has 0 bridgehead atoms. The van der Waals surface area contributed by atoms with Crippen LogP contribution in [0.25, 0.3) is 0 Å². The van der Waals surface area contributed by atoms with Gasteiger partial charge in [0.05, 0.1) is 12.2 Å². The minimum Gasteiger partial charge on any atom is -0.382 e. The van der Waals surface area contributed by atoms with E-state index < -0.39 is 0 Å². The second kappa shape index (κ2) is 11.5. The van der Waals surface area contributed by atoms with E-state index >= 15 is 0 Å². The lowest BCUT2D eigenvalue weighted by atomic mass is 10.2. The molecule has 5 nitrogen and oxygen atoms in total. The molecule has 0 aliphatic heterocycles. The van der Waals surface area contributed by atoms with Crippen LogP contribution >= 0.6 is 24.0 Å². The summed E-state index contributed by atoms with van der Waals surface area (Å²) in [6.07, 6.45) is 0.871. The van der Waals surface area contributed by atoms with Crippen LogP contribution in [-0.2, 0) is 11.3 Å². The molecule has 126 valence electrons. The van der Waals surface area contributed by atoms with E-state index in [1.807, 2.05) is 13.0 Å². The molecule has 0 amide bonds. The molecule has 1 aromatic carbocycles. The number of nitrogens with two attached hydrogens (primary N) is 1. The summed E-state index contributed by atoms with van der Waals surface area (Å²) in [5.41, 5.74) is 7.10. The fraction of sp³-hybridized carbons (Fsp3) is 0.533. The van der Waals surface area contributed by atoms with Gasteiger partial charge in [-0.2, -0.15) is 0 Å². The number of ether oxygens (including phenoxy) is 1. The molecule has 0 fully saturated rings. The third-order valence-electron chi connectivity index (χ3n) is 2.90. The number of rotatable bonds is 8. The summed E-state index contributed by atoms with van der Waals surface area (Å²) in [5.74, 6) is 0.111. The van der Waals surface area contributed by atoms with Gasteiger partial charge in [-0.05, 0) is 31.0 Å². The Labute approximate surface area is 149 Å². The molecule has 7 heteroatoms. The molecule has 0 radical (unpaired) electrons. The molecule has 22 heavy (non-hydrogen) atoms. The first kappa shape index (κ1) is 20.9. The van der Waals surface area contributed by atoms with E-state index in [9.17, 15) is 4.39 Å². The van der Waals surface area contributed by atoms with Crippen molar-refractivity contribution in [3.8, 4) is 0 Å². The first-order valence-electron chi connectivity index (χ1n) is 7.12. The van der Waals surface area contributed by atoms with Crippen molar-refractivity contribution >= 4 is 35.6 Å². The number of anilines is 1. The van der Waals surface area contributed by atoms with Crippen molar-refractivity contribution in [2.75, 3.05) is 38.8 Å². The normalized spacial score (nSPS) is 11.0. The molecule has 3 N–H and O–H groups in total. The second-order valence-electron chi connectivity index (χ2n) is 4.86. The fourth-order valence-electron chi connectivity index (χ4n) is 1.78. The van der Waals surface area contributed by atoms with Gasteiger partial charge >= 0.3 is 0 Å². The van der Waals surface area contributed by atoms with Crippen LogP contribution in [0.2, 0.25) is 0 Å².